The maximum absolute atomic E-state index is 8.44. The van der Waals surface area contributed by atoms with Crippen LogP contribution in [0.15, 0.2) is 23.3 Å². The lowest BCUT2D eigenvalue weighted by molar-refractivity contribution is 0.361. The summed E-state index contributed by atoms with van der Waals surface area (Å²) in [5, 5.41) is 8.44. The largest absolute Gasteiger partial charge is 0.193 e. The average Bonchev–Trinajstić information content (AvgIpc) is 2.09. The van der Waals surface area contributed by atoms with E-state index in [1.165, 1.54) is 30.4 Å². The van der Waals surface area contributed by atoms with Gasteiger partial charge in [0.25, 0.3) is 0 Å². The van der Waals surface area contributed by atoms with Gasteiger partial charge in [0.15, 0.2) is 0 Å². The fourth-order valence-electron chi connectivity index (χ4n) is 2.35. The Labute approximate surface area is 87.1 Å². The van der Waals surface area contributed by atoms with Gasteiger partial charge in [0.1, 0.15) is 0 Å². The molecule has 0 N–H and O–H groups in total. The van der Waals surface area contributed by atoms with Crippen molar-refractivity contribution in [2.45, 2.75) is 46.5 Å². The van der Waals surface area contributed by atoms with Crippen LogP contribution in [0.25, 0.3) is 0 Å². The zero-order valence-corrected chi connectivity index (χ0v) is 9.43. The van der Waals surface area contributed by atoms with Gasteiger partial charge < -0.3 is 0 Å². The number of allylic oxidation sites excluding steroid dienone is 4. The van der Waals surface area contributed by atoms with Crippen LogP contribution in [-0.4, -0.2) is 0 Å². The Morgan fingerprint density at radius 2 is 2.21 bits per heavy atom. The number of rotatable bonds is 2. The predicted molar refractivity (Wildman–Crippen MR) is 59.7 cm³/mol. The summed E-state index contributed by atoms with van der Waals surface area (Å²) < 4.78 is 0. The molecule has 0 unspecified atom stereocenters. The second-order valence-electron chi connectivity index (χ2n) is 4.73. The van der Waals surface area contributed by atoms with Gasteiger partial charge in [0.2, 0.25) is 0 Å². The molecule has 14 heavy (non-hydrogen) atoms. The van der Waals surface area contributed by atoms with Gasteiger partial charge in [0, 0.05) is 6.08 Å². The third-order valence-corrected chi connectivity index (χ3v) is 3.20. The summed E-state index contributed by atoms with van der Waals surface area (Å²) in [5.74, 6) is 0. The molecule has 0 amide bonds. The number of nitrogens with zero attached hydrogens (tertiary/aromatic N) is 1. The van der Waals surface area contributed by atoms with Gasteiger partial charge in [-0.2, -0.15) is 5.26 Å². The molecule has 0 aromatic rings. The van der Waals surface area contributed by atoms with Crippen molar-refractivity contribution in [2.24, 2.45) is 5.41 Å². The summed E-state index contributed by atoms with van der Waals surface area (Å²) in [6, 6.07) is 2.05. The lowest BCUT2D eigenvalue weighted by Crippen LogP contribution is -2.19. The predicted octanol–water partition coefficient (Wildman–Crippen LogP) is 3.98. The molecule has 76 valence electrons. The van der Waals surface area contributed by atoms with Crippen LogP contribution in [0.2, 0.25) is 0 Å². The Hall–Kier alpha value is -1.03. The highest BCUT2D eigenvalue weighted by molar-refractivity contribution is 5.25. The zero-order chi connectivity index (χ0) is 10.6. The number of nitriles is 1. The first-order valence-corrected chi connectivity index (χ1v) is 5.31. The fraction of sp³-hybridized carbons (Fsp3) is 0.615. The SMILES string of the molecule is CC1=C(C/C=C/C#N)C(C)(C)CCC1. The van der Waals surface area contributed by atoms with E-state index >= 15 is 0 Å². The van der Waals surface area contributed by atoms with Crippen LogP contribution in [0.5, 0.6) is 0 Å². The average molecular weight is 189 g/mol. The van der Waals surface area contributed by atoms with E-state index in [2.05, 4.69) is 20.8 Å². The molecular weight excluding hydrogens is 170 g/mol. The molecule has 0 fully saturated rings. The standard InChI is InChI=1S/C13H19N/c1-11-7-6-9-13(2,3)12(11)8-4-5-10-14/h4-5H,6-9H2,1-3H3/b5-4+. The van der Waals surface area contributed by atoms with E-state index in [0.717, 1.165) is 6.42 Å². The van der Waals surface area contributed by atoms with Crippen LogP contribution >= 0.6 is 0 Å². The third kappa shape index (κ3) is 2.48. The minimum Gasteiger partial charge on any atom is -0.193 e. The van der Waals surface area contributed by atoms with Crippen molar-refractivity contribution < 1.29 is 0 Å². The van der Waals surface area contributed by atoms with Crippen molar-refractivity contribution in [1.29, 1.82) is 5.26 Å². The summed E-state index contributed by atoms with van der Waals surface area (Å²) in [5.41, 5.74) is 3.40. The Morgan fingerprint density at radius 3 is 2.79 bits per heavy atom. The van der Waals surface area contributed by atoms with E-state index < -0.39 is 0 Å². The molecule has 0 bridgehead atoms. The topological polar surface area (TPSA) is 23.8 Å². The highest BCUT2D eigenvalue weighted by Gasteiger charge is 2.26. The summed E-state index contributed by atoms with van der Waals surface area (Å²) in [4.78, 5) is 0. The molecule has 0 heterocycles. The first-order chi connectivity index (χ1) is 6.58. The Balaban J connectivity index is 2.81. The van der Waals surface area contributed by atoms with Crippen LogP contribution < -0.4 is 0 Å². The lowest BCUT2D eigenvalue weighted by Gasteiger charge is -2.34. The van der Waals surface area contributed by atoms with E-state index in [4.69, 9.17) is 5.26 Å². The molecule has 1 aliphatic carbocycles. The summed E-state index contributed by atoms with van der Waals surface area (Å²) in [6.07, 6.45) is 8.34. The van der Waals surface area contributed by atoms with Crippen LogP contribution in [0.4, 0.5) is 0 Å². The quantitative estimate of drug-likeness (QED) is 0.476. The summed E-state index contributed by atoms with van der Waals surface area (Å²) in [6.45, 7) is 6.85. The van der Waals surface area contributed by atoms with E-state index in [0.29, 0.717) is 5.41 Å². The van der Waals surface area contributed by atoms with Crippen molar-refractivity contribution in [3.63, 3.8) is 0 Å². The molecular formula is C13H19N. The van der Waals surface area contributed by atoms with E-state index in [9.17, 15) is 0 Å². The van der Waals surface area contributed by atoms with Crippen LogP contribution in [0.3, 0.4) is 0 Å². The normalized spacial score (nSPS) is 21.3. The summed E-state index contributed by atoms with van der Waals surface area (Å²) in [7, 11) is 0. The van der Waals surface area contributed by atoms with Gasteiger partial charge in [-0.3, -0.25) is 0 Å². The van der Waals surface area contributed by atoms with Gasteiger partial charge in [-0.25, -0.2) is 0 Å². The maximum Gasteiger partial charge on any atom is 0.0908 e. The molecule has 0 saturated heterocycles. The van der Waals surface area contributed by atoms with Gasteiger partial charge in [0.05, 0.1) is 6.07 Å². The molecule has 1 aliphatic rings. The number of hydrogen-bond acceptors (Lipinski definition) is 1. The van der Waals surface area contributed by atoms with Crippen molar-refractivity contribution in [3.05, 3.63) is 23.3 Å². The molecule has 0 atom stereocenters. The second-order valence-corrected chi connectivity index (χ2v) is 4.73. The Bertz CT molecular complexity index is 300. The molecule has 0 aromatic carbocycles. The molecule has 1 heteroatoms. The van der Waals surface area contributed by atoms with E-state index in [-0.39, 0.29) is 0 Å². The maximum atomic E-state index is 8.44. The molecule has 1 nitrogen and oxygen atoms in total. The highest BCUT2D eigenvalue weighted by Crippen LogP contribution is 2.41. The Morgan fingerprint density at radius 1 is 1.50 bits per heavy atom. The second kappa shape index (κ2) is 4.46. The van der Waals surface area contributed by atoms with Crippen molar-refractivity contribution in [3.8, 4) is 6.07 Å². The molecule has 0 radical (unpaired) electrons. The minimum absolute atomic E-state index is 0.335. The van der Waals surface area contributed by atoms with Crippen LogP contribution in [-0.2, 0) is 0 Å². The molecule has 0 saturated carbocycles. The van der Waals surface area contributed by atoms with Crippen molar-refractivity contribution >= 4 is 0 Å². The van der Waals surface area contributed by atoms with E-state index in [1.807, 2.05) is 12.1 Å². The first kappa shape index (κ1) is 11.0. The van der Waals surface area contributed by atoms with Crippen molar-refractivity contribution in [1.82, 2.24) is 0 Å². The zero-order valence-electron chi connectivity index (χ0n) is 9.43. The molecule has 0 aromatic heterocycles. The Kier molecular flexibility index (Phi) is 3.52. The van der Waals surface area contributed by atoms with E-state index in [1.54, 1.807) is 6.08 Å². The van der Waals surface area contributed by atoms with Crippen molar-refractivity contribution in [2.75, 3.05) is 0 Å². The monoisotopic (exact) mass is 189 g/mol. The minimum atomic E-state index is 0.335. The highest BCUT2D eigenvalue weighted by atomic mass is 14.3. The van der Waals surface area contributed by atoms with Crippen LogP contribution in [0, 0.1) is 16.7 Å². The van der Waals surface area contributed by atoms with Gasteiger partial charge in [-0.1, -0.05) is 31.1 Å². The van der Waals surface area contributed by atoms with Gasteiger partial charge >= 0.3 is 0 Å². The number of hydrogen-bond donors (Lipinski definition) is 0. The fourth-order valence-corrected chi connectivity index (χ4v) is 2.35. The summed E-state index contributed by atoms with van der Waals surface area (Å²) >= 11 is 0. The van der Waals surface area contributed by atoms with Gasteiger partial charge in [-0.15, -0.1) is 0 Å². The third-order valence-electron chi connectivity index (χ3n) is 3.20. The first-order valence-electron chi connectivity index (χ1n) is 5.31. The van der Waals surface area contributed by atoms with Crippen LogP contribution in [0.1, 0.15) is 46.5 Å². The smallest absolute Gasteiger partial charge is 0.0908 e. The molecule has 1 rings (SSSR count). The molecule has 0 spiro atoms. The lowest BCUT2D eigenvalue weighted by atomic mass is 9.71. The van der Waals surface area contributed by atoms with Gasteiger partial charge in [-0.05, 0) is 38.0 Å². The molecule has 0 aliphatic heterocycles.